The highest BCUT2D eigenvalue weighted by atomic mass is 32.2. The molecule has 1 aromatic rings. The van der Waals surface area contributed by atoms with Gasteiger partial charge in [-0.2, -0.15) is 5.11 Å². The van der Waals surface area contributed by atoms with Crippen molar-refractivity contribution >= 4 is 27.4 Å². The minimum atomic E-state index is -3.21. The van der Waals surface area contributed by atoms with Crippen LogP contribution in [0.2, 0.25) is 0 Å². The third kappa shape index (κ3) is 4.04. The minimum Gasteiger partial charge on any atom is -0.318 e. The van der Waals surface area contributed by atoms with E-state index in [9.17, 15) is 12.8 Å². The summed E-state index contributed by atoms with van der Waals surface area (Å²) < 4.78 is 39.0. The second-order valence-electron chi connectivity index (χ2n) is 6.33. The molecular weight excluding hydrogens is 363 g/mol. The van der Waals surface area contributed by atoms with Gasteiger partial charge in [-0.25, -0.2) is 17.1 Å². The van der Waals surface area contributed by atoms with E-state index in [-0.39, 0.29) is 23.7 Å². The smallest absolute Gasteiger partial charge is 0.218 e. The molecule has 2 aliphatic heterocycles. The first-order chi connectivity index (χ1) is 11.9. The van der Waals surface area contributed by atoms with Crippen molar-refractivity contribution in [1.82, 2.24) is 9.21 Å². The number of thiocarbonyl (C=S) groups is 1. The summed E-state index contributed by atoms with van der Waals surface area (Å²) in [4.78, 5) is 1.90. The number of piperidine rings is 1. The first kappa shape index (κ1) is 18.3. The first-order valence-electron chi connectivity index (χ1n) is 8.34. The Morgan fingerprint density at radius 1 is 1.32 bits per heavy atom. The van der Waals surface area contributed by atoms with Crippen molar-refractivity contribution in [3.63, 3.8) is 0 Å². The van der Waals surface area contributed by atoms with Gasteiger partial charge in [0.2, 0.25) is 15.1 Å². The molecule has 0 saturated carbocycles. The van der Waals surface area contributed by atoms with Crippen LogP contribution in [0.5, 0.6) is 0 Å². The van der Waals surface area contributed by atoms with Crippen LogP contribution in [0.3, 0.4) is 0 Å². The maximum absolute atomic E-state index is 13.1. The van der Waals surface area contributed by atoms with Crippen molar-refractivity contribution in [2.24, 2.45) is 16.1 Å². The molecule has 3 rings (SSSR count). The van der Waals surface area contributed by atoms with Crippen LogP contribution in [0, 0.1) is 11.7 Å². The van der Waals surface area contributed by atoms with Crippen molar-refractivity contribution in [2.75, 3.05) is 18.8 Å². The Morgan fingerprint density at radius 2 is 2.04 bits per heavy atom. The van der Waals surface area contributed by atoms with Crippen LogP contribution in [0.4, 0.5) is 4.39 Å². The zero-order valence-electron chi connectivity index (χ0n) is 14.0. The van der Waals surface area contributed by atoms with Crippen LogP contribution in [-0.2, 0) is 16.6 Å². The summed E-state index contributed by atoms with van der Waals surface area (Å²) in [7, 11) is -3.21. The molecule has 0 amide bonds. The molecule has 0 aromatic heterocycles. The van der Waals surface area contributed by atoms with Crippen molar-refractivity contribution in [1.29, 1.82) is 0 Å². The topological polar surface area (TPSA) is 65.3 Å². The van der Waals surface area contributed by atoms with Gasteiger partial charge in [-0.05, 0) is 49.7 Å². The number of halogens is 1. The number of azo groups is 1. The van der Waals surface area contributed by atoms with Gasteiger partial charge in [0.15, 0.2) is 0 Å². The number of benzene rings is 1. The fourth-order valence-corrected chi connectivity index (χ4v) is 4.70. The summed E-state index contributed by atoms with van der Waals surface area (Å²) in [6.45, 7) is 3.12. The van der Waals surface area contributed by atoms with E-state index < -0.39 is 10.0 Å². The van der Waals surface area contributed by atoms with Gasteiger partial charge in [-0.1, -0.05) is 12.1 Å². The average molecular weight is 385 g/mol. The fourth-order valence-electron chi connectivity index (χ4n) is 3.29. The molecule has 9 heteroatoms. The van der Waals surface area contributed by atoms with E-state index in [4.69, 9.17) is 12.2 Å². The van der Waals surface area contributed by atoms with Crippen LogP contribution in [0.25, 0.3) is 0 Å². The molecule has 2 heterocycles. The third-order valence-electron chi connectivity index (χ3n) is 4.69. The summed E-state index contributed by atoms with van der Waals surface area (Å²) in [5, 5.41) is 8.72. The van der Waals surface area contributed by atoms with Crippen LogP contribution in [0.15, 0.2) is 34.5 Å². The summed E-state index contributed by atoms with van der Waals surface area (Å²) in [6.07, 6.45) is 1.40. The van der Waals surface area contributed by atoms with Crippen molar-refractivity contribution < 1.29 is 12.8 Å². The van der Waals surface area contributed by atoms with Crippen LogP contribution in [0.1, 0.15) is 25.3 Å². The van der Waals surface area contributed by atoms with E-state index >= 15 is 0 Å². The maximum atomic E-state index is 13.1. The average Bonchev–Trinajstić information content (AvgIpc) is 2.98. The van der Waals surface area contributed by atoms with Gasteiger partial charge in [-0.15, -0.1) is 5.11 Å². The normalized spacial score (nSPS) is 24.9. The zero-order valence-corrected chi connectivity index (χ0v) is 15.6. The van der Waals surface area contributed by atoms with Crippen molar-refractivity contribution in [2.45, 2.75) is 32.5 Å². The Hall–Kier alpha value is -1.45. The van der Waals surface area contributed by atoms with E-state index in [2.05, 4.69) is 10.2 Å². The van der Waals surface area contributed by atoms with Gasteiger partial charge in [-0.3, -0.25) is 0 Å². The molecule has 0 bridgehead atoms. The van der Waals surface area contributed by atoms with Gasteiger partial charge in [0.05, 0.1) is 5.75 Å². The Kier molecular flexibility index (Phi) is 5.45. The second-order valence-corrected chi connectivity index (χ2v) is 8.95. The molecule has 0 spiro atoms. The van der Waals surface area contributed by atoms with Crippen molar-refractivity contribution in [3.05, 3.63) is 35.6 Å². The molecule has 1 saturated heterocycles. The lowest BCUT2D eigenvalue weighted by atomic mass is 9.96. The molecule has 2 aliphatic rings. The highest BCUT2D eigenvalue weighted by molar-refractivity contribution is 7.89. The number of rotatable bonds is 5. The molecule has 25 heavy (non-hydrogen) atoms. The van der Waals surface area contributed by atoms with E-state index in [1.54, 1.807) is 23.4 Å². The highest BCUT2D eigenvalue weighted by Crippen LogP contribution is 2.30. The van der Waals surface area contributed by atoms with Gasteiger partial charge in [0.25, 0.3) is 0 Å². The Morgan fingerprint density at radius 3 is 2.72 bits per heavy atom. The van der Waals surface area contributed by atoms with E-state index in [1.807, 2.05) is 4.90 Å². The lowest BCUT2D eigenvalue weighted by molar-refractivity contribution is 0.167. The van der Waals surface area contributed by atoms with Crippen molar-refractivity contribution in [3.8, 4) is 0 Å². The first-order valence-corrected chi connectivity index (χ1v) is 10.4. The quantitative estimate of drug-likeness (QED) is 0.732. The lowest BCUT2D eigenvalue weighted by Crippen LogP contribution is -2.47. The lowest BCUT2D eigenvalue weighted by Gasteiger charge is -2.36. The monoisotopic (exact) mass is 384 g/mol. The minimum absolute atomic E-state index is 0.0414. The standard InChI is InChI=1S/C16H21FN4O2S2/c1-2-25(22,23)20-9-3-4-13(11-20)15-18-19-16(24)21(15)10-12-5-7-14(17)8-6-12/h5-8,13,15H,2-4,9-11H2,1H3. The van der Waals surface area contributed by atoms with Gasteiger partial charge in [0.1, 0.15) is 12.0 Å². The number of hydrogen-bond acceptors (Lipinski definition) is 4. The van der Waals surface area contributed by atoms with Crippen LogP contribution < -0.4 is 0 Å². The molecule has 136 valence electrons. The molecule has 6 nitrogen and oxygen atoms in total. The highest BCUT2D eigenvalue weighted by Gasteiger charge is 2.38. The molecule has 2 unspecified atom stereocenters. The molecule has 0 aliphatic carbocycles. The number of hydrogen-bond donors (Lipinski definition) is 0. The summed E-state index contributed by atoms with van der Waals surface area (Å²) >= 11 is 5.30. The van der Waals surface area contributed by atoms with Gasteiger partial charge >= 0.3 is 0 Å². The Bertz CT molecular complexity index is 767. The van der Waals surface area contributed by atoms with Gasteiger partial charge in [0, 0.05) is 25.6 Å². The number of sulfonamides is 1. The van der Waals surface area contributed by atoms with Crippen LogP contribution >= 0.6 is 12.2 Å². The molecule has 0 N–H and O–H groups in total. The maximum Gasteiger partial charge on any atom is 0.218 e. The summed E-state index contributed by atoms with van der Waals surface area (Å²) in [6, 6.07) is 6.24. The Balaban J connectivity index is 1.74. The summed E-state index contributed by atoms with van der Waals surface area (Å²) in [5.41, 5.74) is 0.912. The molecule has 1 aromatic carbocycles. The second kappa shape index (κ2) is 7.43. The third-order valence-corrected chi connectivity index (χ3v) is 6.86. The van der Waals surface area contributed by atoms with Crippen LogP contribution in [-0.4, -0.2) is 47.7 Å². The van der Waals surface area contributed by atoms with E-state index in [0.717, 1.165) is 18.4 Å². The fraction of sp³-hybridized carbons (Fsp3) is 0.562. The largest absolute Gasteiger partial charge is 0.318 e. The molecule has 0 radical (unpaired) electrons. The molecule has 2 atom stereocenters. The van der Waals surface area contributed by atoms with E-state index in [1.165, 1.54) is 12.1 Å². The zero-order chi connectivity index (χ0) is 18.0. The van der Waals surface area contributed by atoms with E-state index in [0.29, 0.717) is 24.7 Å². The molecule has 1 fully saturated rings. The Labute approximate surface area is 152 Å². The predicted molar refractivity (Wildman–Crippen MR) is 96.9 cm³/mol. The SMILES string of the molecule is CCS(=O)(=O)N1CCCC(C2N=NC(=S)N2Cc2ccc(F)cc2)C1. The predicted octanol–water partition coefficient (Wildman–Crippen LogP) is 2.77. The summed E-state index contributed by atoms with van der Waals surface area (Å²) in [5.74, 6) is -0.144. The van der Waals surface area contributed by atoms with Gasteiger partial charge < -0.3 is 4.90 Å². The molecular formula is C16H21FN4O2S2. The number of nitrogens with zero attached hydrogens (tertiary/aromatic N) is 4.